The Balaban J connectivity index is 1.29. The predicted octanol–water partition coefficient (Wildman–Crippen LogP) is 0.475. The first-order valence-electron chi connectivity index (χ1n) is 8.38. The van der Waals surface area contributed by atoms with Crippen molar-refractivity contribution in [2.24, 2.45) is 0 Å². The van der Waals surface area contributed by atoms with E-state index in [1.165, 1.54) is 5.56 Å². The van der Waals surface area contributed by atoms with Crippen molar-refractivity contribution in [1.82, 2.24) is 9.80 Å². The van der Waals surface area contributed by atoms with Crippen molar-refractivity contribution in [2.45, 2.75) is 12.6 Å². The van der Waals surface area contributed by atoms with Crippen LogP contribution in [-0.2, 0) is 20.8 Å². The number of amides is 1. The number of ether oxygens (including phenoxy) is 4. The largest absolute Gasteiger partial charge is 0.454 e. The molecule has 7 nitrogen and oxygen atoms in total. The monoisotopic (exact) mass is 334 g/mol. The van der Waals surface area contributed by atoms with E-state index in [1.54, 1.807) is 0 Å². The third-order valence-electron chi connectivity index (χ3n) is 4.62. The van der Waals surface area contributed by atoms with Crippen LogP contribution in [0.15, 0.2) is 18.2 Å². The number of piperazine rings is 1. The summed E-state index contributed by atoms with van der Waals surface area (Å²) in [4.78, 5) is 16.6. The Bertz CT molecular complexity index is 595. The van der Waals surface area contributed by atoms with E-state index in [0.717, 1.165) is 44.2 Å². The second-order valence-electron chi connectivity index (χ2n) is 6.22. The molecular formula is C17H22N2O5. The summed E-state index contributed by atoms with van der Waals surface area (Å²) in [6.45, 7) is 5.76. The fourth-order valence-corrected chi connectivity index (χ4v) is 3.26. The van der Waals surface area contributed by atoms with Gasteiger partial charge in [-0.2, -0.15) is 0 Å². The van der Waals surface area contributed by atoms with Gasteiger partial charge in [-0.15, -0.1) is 0 Å². The van der Waals surface area contributed by atoms with Crippen LogP contribution in [0.3, 0.4) is 0 Å². The summed E-state index contributed by atoms with van der Waals surface area (Å²) >= 11 is 0. The molecule has 0 N–H and O–H groups in total. The van der Waals surface area contributed by atoms with Gasteiger partial charge in [-0.25, -0.2) is 0 Å². The van der Waals surface area contributed by atoms with Crippen LogP contribution in [0.25, 0.3) is 0 Å². The number of hydrogen-bond acceptors (Lipinski definition) is 6. The standard InChI is InChI=1S/C17H22N2O5/c20-17(16-11-21-7-8-22-16)19-5-3-18(4-6-19)10-13-1-2-14-15(9-13)24-12-23-14/h1-2,9,16H,3-8,10-12H2. The number of carbonyl (C=O) groups excluding carboxylic acids is 1. The van der Waals surface area contributed by atoms with Crippen LogP contribution in [0.4, 0.5) is 0 Å². The van der Waals surface area contributed by atoms with Crippen molar-refractivity contribution in [2.75, 3.05) is 52.8 Å². The van der Waals surface area contributed by atoms with Gasteiger partial charge in [0.05, 0.1) is 19.8 Å². The summed E-state index contributed by atoms with van der Waals surface area (Å²) in [6.07, 6.45) is -0.431. The molecule has 3 aliphatic heterocycles. The minimum absolute atomic E-state index is 0.0532. The van der Waals surface area contributed by atoms with E-state index in [9.17, 15) is 4.79 Å². The first kappa shape index (κ1) is 15.7. The fraction of sp³-hybridized carbons (Fsp3) is 0.588. The molecular weight excluding hydrogens is 312 g/mol. The Morgan fingerprint density at radius 2 is 1.92 bits per heavy atom. The van der Waals surface area contributed by atoms with E-state index in [-0.39, 0.29) is 5.91 Å². The topological polar surface area (TPSA) is 60.5 Å². The molecule has 1 atom stereocenters. The quantitative estimate of drug-likeness (QED) is 0.801. The highest BCUT2D eigenvalue weighted by Gasteiger charge is 2.29. The molecule has 24 heavy (non-hydrogen) atoms. The van der Waals surface area contributed by atoms with E-state index in [1.807, 2.05) is 17.0 Å². The van der Waals surface area contributed by atoms with Crippen LogP contribution in [0.5, 0.6) is 11.5 Å². The minimum atomic E-state index is -0.431. The van der Waals surface area contributed by atoms with Crippen LogP contribution < -0.4 is 9.47 Å². The van der Waals surface area contributed by atoms with Crippen molar-refractivity contribution in [1.29, 1.82) is 0 Å². The van der Waals surface area contributed by atoms with Crippen molar-refractivity contribution in [3.63, 3.8) is 0 Å². The summed E-state index contributed by atoms with van der Waals surface area (Å²) in [7, 11) is 0. The maximum absolute atomic E-state index is 12.4. The van der Waals surface area contributed by atoms with Gasteiger partial charge in [0.2, 0.25) is 6.79 Å². The average molecular weight is 334 g/mol. The van der Waals surface area contributed by atoms with Crippen molar-refractivity contribution in [3.05, 3.63) is 23.8 Å². The molecule has 1 amide bonds. The molecule has 0 aliphatic carbocycles. The SMILES string of the molecule is O=C(C1COCCO1)N1CCN(Cc2ccc3c(c2)OCO3)CC1. The Kier molecular flexibility index (Phi) is 4.55. The van der Waals surface area contributed by atoms with E-state index >= 15 is 0 Å². The molecule has 1 unspecified atom stereocenters. The van der Waals surface area contributed by atoms with Gasteiger partial charge in [0.15, 0.2) is 17.6 Å². The zero-order chi connectivity index (χ0) is 16.4. The first-order valence-corrected chi connectivity index (χ1v) is 8.38. The number of hydrogen-bond donors (Lipinski definition) is 0. The molecule has 0 aromatic heterocycles. The van der Waals surface area contributed by atoms with Crippen LogP contribution in [0.1, 0.15) is 5.56 Å². The first-order chi connectivity index (χ1) is 11.8. The van der Waals surface area contributed by atoms with Gasteiger partial charge in [-0.3, -0.25) is 9.69 Å². The van der Waals surface area contributed by atoms with Gasteiger partial charge >= 0.3 is 0 Å². The second-order valence-corrected chi connectivity index (χ2v) is 6.22. The lowest BCUT2D eigenvalue weighted by atomic mass is 10.1. The molecule has 2 fully saturated rings. The van der Waals surface area contributed by atoms with Crippen LogP contribution in [0.2, 0.25) is 0 Å². The second kappa shape index (κ2) is 6.96. The van der Waals surface area contributed by atoms with Crippen LogP contribution in [-0.4, -0.2) is 74.6 Å². The Morgan fingerprint density at radius 3 is 2.71 bits per heavy atom. The molecule has 1 aromatic rings. The van der Waals surface area contributed by atoms with E-state index in [0.29, 0.717) is 26.6 Å². The zero-order valence-corrected chi connectivity index (χ0v) is 13.6. The summed E-state index contributed by atoms with van der Waals surface area (Å²) in [6, 6.07) is 6.06. The summed E-state index contributed by atoms with van der Waals surface area (Å²) in [5.74, 6) is 1.68. The van der Waals surface area contributed by atoms with Crippen molar-refractivity contribution < 1.29 is 23.7 Å². The lowest BCUT2D eigenvalue weighted by Crippen LogP contribution is -2.53. The normalized spacial score (nSPS) is 24.2. The molecule has 2 saturated heterocycles. The van der Waals surface area contributed by atoms with Gasteiger partial charge in [0.1, 0.15) is 0 Å². The lowest BCUT2D eigenvalue weighted by molar-refractivity contribution is -0.159. The Morgan fingerprint density at radius 1 is 1.08 bits per heavy atom. The molecule has 7 heteroatoms. The maximum atomic E-state index is 12.4. The number of rotatable bonds is 3. The number of nitrogens with zero attached hydrogens (tertiary/aromatic N) is 2. The molecule has 4 rings (SSSR count). The third kappa shape index (κ3) is 3.33. The number of carbonyl (C=O) groups is 1. The molecule has 130 valence electrons. The highest BCUT2D eigenvalue weighted by molar-refractivity contribution is 5.81. The van der Waals surface area contributed by atoms with Crippen LogP contribution in [0, 0.1) is 0 Å². The van der Waals surface area contributed by atoms with E-state index in [2.05, 4.69) is 11.0 Å². The minimum Gasteiger partial charge on any atom is -0.454 e. The highest BCUT2D eigenvalue weighted by Crippen LogP contribution is 2.32. The molecule has 0 spiro atoms. The van der Waals surface area contributed by atoms with Crippen LogP contribution >= 0.6 is 0 Å². The van der Waals surface area contributed by atoms with E-state index < -0.39 is 6.10 Å². The van der Waals surface area contributed by atoms with Crippen molar-refractivity contribution >= 4 is 5.91 Å². The van der Waals surface area contributed by atoms with Gasteiger partial charge in [0.25, 0.3) is 5.91 Å². The van der Waals surface area contributed by atoms with Gasteiger partial charge in [-0.1, -0.05) is 6.07 Å². The van der Waals surface area contributed by atoms with E-state index in [4.69, 9.17) is 18.9 Å². The summed E-state index contributed by atoms with van der Waals surface area (Å²) in [5, 5.41) is 0. The molecule has 0 saturated carbocycles. The fourth-order valence-electron chi connectivity index (χ4n) is 3.26. The molecule has 1 aromatic carbocycles. The lowest BCUT2D eigenvalue weighted by Gasteiger charge is -2.37. The summed E-state index contributed by atoms with van der Waals surface area (Å²) < 4.78 is 21.6. The number of fused-ring (bicyclic) bond motifs is 1. The molecule has 0 radical (unpaired) electrons. The maximum Gasteiger partial charge on any atom is 0.254 e. The predicted molar refractivity (Wildman–Crippen MR) is 85.0 cm³/mol. The highest BCUT2D eigenvalue weighted by atomic mass is 16.7. The summed E-state index contributed by atoms with van der Waals surface area (Å²) in [5.41, 5.74) is 1.20. The van der Waals surface area contributed by atoms with Gasteiger partial charge < -0.3 is 23.8 Å². The number of benzene rings is 1. The third-order valence-corrected chi connectivity index (χ3v) is 4.62. The molecule has 0 bridgehead atoms. The molecule has 3 heterocycles. The smallest absolute Gasteiger partial charge is 0.254 e. The van der Waals surface area contributed by atoms with Crippen molar-refractivity contribution in [3.8, 4) is 11.5 Å². The van der Waals surface area contributed by atoms with Gasteiger partial charge in [-0.05, 0) is 17.7 Å². The Labute approximate surface area is 141 Å². The Hall–Kier alpha value is -1.83. The average Bonchev–Trinajstić information content (AvgIpc) is 3.10. The zero-order valence-electron chi connectivity index (χ0n) is 13.6. The molecule has 3 aliphatic rings. The van der Waals surface area contributed by atoms with Gasteiger partial charge in [0, 0.05) is 32.7 Å².